The summed E-state index contributed by atoms with van der Waals surface area (Å²) in [6.45, 7) is 14.4. The SMILES string of the molecule is Cc1ccc(Nc2cc(C(C)(C)C)c(N(c3cc(Cl)c(O)c(Cl)c3)S(=O)(=O)c3ccc(C(C)(C)C)cc3)c3ccccc23)cc1. The maximum absolute atomic E-state index is 14.9. The van der Waals surface area contributed by atoms with Crippen LogP contribution in [0, 0.1) is 6.92 Å². The number of anilines is 4. The van der Waals surface area contributed by atoms with Crippen molar-refractivity contribution < 1.29 is 13.5 Å². The second-order valence-electron chi connectivity index (χ2n) is 13.4. The standard InChI is InChI=1S/C37H38Cl2N2O3S/c1-23-12-16-25(17-13-23)40-33-22-30(37(5,6)7)34(29-11-9-8-10-28(29)33)41(26-20-31(38)35(42)32(39)21-26)45(43,44)27-18-14-24(15-19-27)36(2,3)4/h8-22,40,42H,1-7H3. The normalized spacial score (nSPS) is 12.4. The lowest BCUT2D eigenvalue weighted by molar-refractivity contribution is 0.476. The van der Waals surface area contributed by atoms with Crippen LogP contribution in [0.2, 0.25) is 10.0 Å². The van der Waals surface area contributed by atoms with Crippen LogP contribution in [0.5, 0.6) is 5.75 Å². The number of aryl methyl sites for hydroxylation is 1. The summed E-state index contributed by atoms with van der Waals surface area (Å²) in [5.41, 5.74) is 4.73. The van der Waals surface area contributed by atoms with Crippen LogP contribution in [0.3, 0.4) is 0 Å². The second-order valence-corrected chi connectivity index (χ2v) is 16.0. The molecule has 0 aromatic heterocycles. The molecular formula is C37H38Cl2N2O3S. The van der Waals surface area contributed by atoms with E-state index in [1.54, 1.807) is 12.1 Å². The average molecular weight is 662 g/mol. The van der Waals surface area contributed by atoms with Crippen molar-refractivity contribution in [2.75, 3.05) is 9.62 Å². The predicted octanol–water partition coefficient (Wildman–Crippen LogP) is 11.0. The van der Waals surface area contributed by atoms with Gasteiger partial charge in [0.2, 0.25) is 0 Å². The molecule has 8 heteroatoms. The van der Waals surface area contributed by atoms with E-state index in [1.165, 1.54) is 16.4 Å². The molecule has 0 unspecified atom stereocenters. The van der Waals surface area contributed by atoms with Gasteiger partial charge in [-0.2, -0.15) is 0 Å². The number of aromatic hydroxyl groups is 1. The fraction of sp³-hybridized carbons (Fsp3) is 0.243. The van der Waals surface area contributed by atoms with Crippen molar-refractivity contribution in [2.45, 2.75) is 64.2 Å². The summed E-state index contributed by atoms with van der Waals surface area (Å²) in [6, 6.07) is 27.7. The van der Waals surface area contributed by atoms with E-state index in [-0.39, 0.29) is 31.8 Å². The van der Waals surface area contributed by atoms with Gasteiger partial charge in [0.15, 0.2) is 5.75 Å². The molecule has 5 aromatic carbocycles. The largest absolute Gasteiger partial charge is 0.505 e. The van der Waals surface area contributed by atoms with Gasteiger partial charge in [0.05, 0.1) is 26.3 Å². The molecule has 45 heavy (non-hydrogen) atoms. The molecule has 0 radical (unpaired) electrons. The van der Waals surface area contributed by atoms with Gasteiger partial charge in [-0.1, -0.05) is 119 Å². The first-order valence-electron chi connectivity index (χ1n) is 14.7. The van der Waals surface area contributed by atoms with E-state index in [2.05, 4.69) is 46.9 Å². The molecule has 2 N–H and O–H groups in total. The number of rotatable bonds is 6. The Labute approximate surface area is 276 Å². The Bertz CT molecular complexity index is 1970. The molecule has 5 nitrogen and oxygen atoms in total. The highest BCUT2D eigenvalue weighted by Gasteiger charge is 2.35. The summed E-state index contributed by atoms with van der Waals surface area (Å²) in [7, 11) is -4.25. The molecule has 0 fully saturated rings. The van der Waals surface area contributed by atoms with Crippen LogP contribution in [0.4, 0.5) is 22.7 Å². The van der Waals surface area contributed by atoms with Gasteiger partial charge in [-0.05, 0) is 71.3 Å². The number of phenols is 1. The van der Waals surface area contributed by atoms with Crippen molar-refractivity contribution in [1.82, 2.24) is 0 Å². The Kier molecular flexibility index (Phi) is 8.64. The number of nitrogens with zero attached hydrogens (tertiary/aromatic N) is 1. The summed E-state index contributed by atoms with van der Waals surface area (Å²) in [4.78, 5) is 0.113. The average Bonchev–Trinajstić information content (AvgIpc) is 2.97. The molecule has 0 saturated carbocycles. The van der Waals surface area contributed by atoms with Crippen LogP contribution < -0.4 is 9.62 Å². The van der Waals surface area contributed by atoms with Crippen LogP contribution in [-0.4, -0.2) is 13.5 Å². The van der Waals surface area contributed by atoms with Crippen molar-refractivity contribution in [3.05, 3.63) is 118 Å². The number of nitrogens with one attached hydrogen (secondary N) is 1. The topological polar surface area (TPSA) is 69.6 Å². The van der Waals surface area contributed by atoms with E-state index in [0.717, 1.165) is 38.8 Å². The first kappa shape index (κ1) is 32.7. The Balaban J connectivity index is 1.86. The third kappa shape index (κ3) is 6.51. The van der Waals surface area contributed by atoms with Crippen LogP contribution in [0.15, 0.2) is 95.9 Å². The first-order chi connectivity index (χ1) is 21.0. The molecule has 0 aliphatic rings. The number of benzene rings is 5. The second kappa shape index (κ2) is 11.9. The predicted molar refractivity (Wildman–Crippen MR) is 190 cm³/mol. The van der Waals surface area contributed by atoms with Gasteiger partial charge < -0.3 is 10.4 Å². The van der Waals surface area contributed by atoms with E-state index in [1.807, 2.05) is 73.7 Å². The molecule has 0 atom stereocenters. The molecule has 0 amide bonds. The van der Waals surface area contributed by atoms with E-state index in [4.69, 9.17) is 23.2 Å². The molecule has 0 aliphatic heterocycles. The highest BCUT2D eigenvalue weighted by molar-refractivity contribution is 7.93. The molecule has 5 aromatic rings. The summed E-state index contributed by atoms with van der Waals surface area (Å²) >= 11 is 12.9. The van der Waals surface area contributed by atoms with Gasteiger partial charge in [-0.3, -0.25) is 0 Å². The van der Waals surface area contributed by atoms with E-state index in [9.17, 15) is 13.5 Å². The smallest absolute Gasteiger partial charge is 0.268 e. The van der Waals surface area contributed by atoms with Crippen molar-refractivity contribution in [1.29, 1.82) is 0 Å². The van der Waals surface area contributed by atoms with Crippen LogP contribution in [-0.2, 0) is 20.9 Å². The lowest BCUT2D eigenvalue weighted by atomic mass is 9.83. The highest BCUT2D eigenvalue weighted by atomic mass is 35.5. The number of hydrogen-bond donors (Lipinski definition) is 2. The number of phenolic OH excluding ortho intramolecular Hbond substituents is 1. The molecule has 0 saturated heterocycles. The quantitative estimate of drug-likeness (QED) is 0.190. The molecule has 0 bridgehead atoms. The zero-order valence-corrected chi connectivity index (χ0v) is 28.9. The fourth-order valence-electron chi connectivity index (χ4n) is 5.34. The van der Waals surface area contributed by atoms with Gasteiger partial charge in [0.1, 0.15) is 0 Å². The lowest BCUT2D eigenvalue weighted by Gasteiger charge is -2.33. The molecule has 0 heterocycles. The van der Waals surface area contributed by atoms with E-state index < -0.39 is 15.4 Å². The number of hydrogen-bond acceptors (Lipinski definition) is 4. The Morgan fingerprint density at radius 1 is 0.733 bits per heavy atom. The van der Waals surface area contributed by atoms with Crippen molar-refractivity contribution in [2.24, 2.45) is 0 Å². The third-order valence-electron chi connectivity index (χ3n) is 7.85. The highest BCUT2D eigenvalue weighted by Crippen LogP contribution is 2.48. The number of fused-ring (bicyclic) bond motifs is 1. The van der Waals surface area contributed by atoms with Gasteiger partial charge in [0, 0.05) is 22.1 Å². The molecule has 234 valence electrons. The molecule has 0 aliphatic carbocycles. The molecule has 5 rings (SSSR count). The minimum absolute atomic E-state index is 0.0555. The zero-order valence-electron chi connectivity index (χ0n) is 26.5. The Morgan fingerprint density at radius 3 is 1.82 bits per heavy atom. The maximum atomic E-state index is 14.9. The van der Waals surface area contributed by atoms with Crippen molar-refractivity contribution in [3.8, 4) is 5.75 Å². The van der Waals surface area contributed by atoms with Crippen LogP contribution >= 0.6 is 23.2 Å². The van der Waals surface area contributed by atoms with Crippen molar-refractivity contribution in [3.63, 3.8) is 0 Å². The number of halogens is 2. The zero-order chi connectivity index (χ0) is 32.9. The Morgan fingerprint density at radius 2 is 1.29 bits per heavy atom. The van der Waals surface area contributed by atoms with Crippen molar-refractivity contribution >= 4 is 66.7 Å². The van der Waals surface area contributed by atoms with Gasteiger partial charge >= 0.3 is 0 Å². The summed E-state index contributed by atoms with van der Waals surface area (Å²) in [6.07, 6.45) is 0. The van der Waals surface area contributed by atoms with Gasteiger partial charge in [-0.15, -0.1) is 0 Å². The lowest BCUT2D eigenvalue weighted by Crippen LogP contribution is -2.30. The monoisotopic (exact) mass is 660 g/mol. The first-order valence-corrected chi connectivity index (χ1v) is 16.9. The van der Waals surface area contributed by atoms with E-state index in [0.29, 0.717) is 5.69 Å². The maximum Gasteiger partial charge on any atom is 0.268 e. The minimum Gasteiger partial charge on any atom is -0.505 e. The van der Waals surface area contributed by atoms with Crippen LogP contribution in [0.25, 0.3) is 10.8 Å². The van der Waals surface area contributed by atoms with Gasteiger partial charge in [-0.25, -0.2) is 12.7 Å². The fourth-order valence-corrected chi connectivity index (χ4v) is 7.32. The van der Waals surface area contributed by atoms with Crippen LogP contribution in [0.1, 0.15) is 58.2 Å². The molecular weight excluding hydrogens is 623 g/mol. The molecule has 0 spiro atoms. The third-order valence-corrected chi connectivity index (χ3v) is 10.2. The summed E-state index contributed by atoms with van der Waals surface area (Å²) in [5, 5.41) is 15.4. The summed E-state index contributed by atoms with van der Waals surface area (Å²) < 4.78 is 31.1. The summed E-state index contributed by atoms with van der Waals surface area (Å²) in [5.74, 6) is -0.312. The Hall–Kier alpha value is -3.71. The minimum atomic E-state index is -4.25. The van der Waals surface area contributed by atoms with Gasteiger partial charge in [0.25, 0.3) is 10.0 Å². The number of sulfonamides is 1. The van der Waals surface area contributed by atoms with E-state index >= 15 is 0 Å².